The smallest absolute Gasteiger partial charge is 0.274 e. The Bertz CT molecular complexity index is 1040. The van der Waals surface area contributed by atoms with Crippen LogP contribution in [0.2, 0.25) is 0 Å². The number of aromatic nitrogens is 2. The molecule has 146 valence electrons. The number of hydrogen-bond acceptors (Lipinski definition) is 3. The molecule has 2 aromatic carbocycles. The average Bonchev–Trinajstić information content (AvgIpc) is 2.69. The first-order valence-electron chi connectivity index (χ1n) is 9.48. The van der Waals surface area contributed by atoms with Crippen molar-refractivity contribution < 1.29 is 9.18 Å². The van der Waals surface area contributed by atoms with Crippen molar-refractivity contribution in [1.29, 1.82) is 0 Å². The van der Waals surface area contributed by atoms with E-state index < -0.39 is 0 Å². The van der Waals surface area contributed by atoms with Crippen molar-refractivity contribution in [3.63, 3.8) is 0 Å². The van der Waals surface area contributed by atoms with E-state index in [1.54, 1.807) is 36.4 Å². The van der Waals surface area contributed by atoms with Gasteiger partial charge in [-0.25, -0.2) is 9.07 Å². The summed E-state index contributed by atoms with van der Waals surface area (Å²) in [5.74, 6) is -0.594. The van der Waals surface area contributed by atoms with Gasteiger partial charge in [-0.1, -0.05) is 51.1 Å². The molecule has 0 saturated heterocycles. The van der Waals surface area contributed by atoms with E-state index in [4.69, 9.17) is 0 Å². The lowest BCUT2D eigenvalue weighted by Gasteiger charge is -2.23. The Morgan fingerprint density at radius 1 is 1.11 bits per heavy atom. The third-order valence-corrected chi connectivity index (χ3v) is 4.70. The van der Waals surface area contributed by atoms with Gasteiger partial charge >= 0.3 is 0 Å². The van der Waals surface area contributed by atoms with Gasteiger partial charge in [0.05, 0.1) is 11.4 Å². The molecule has 3 rings (SSSR count). The number of halogens is 1. The number of hydrogen-bond donors (Lipinski definition) is 1. The predicted molar refractivity (Wildman–Crippen MR) is 108 cm³/mol. The number of carbonyl (C=O) groups excluding carboxylic acids is 1. The van der Waals surface area contributed by atoms with Gasteiger partial charge in [0, 0.05) is 11.9 Å². The zero-order chi connectivity index (χ0) is 20.3. The largest absolute Gasteiger partial charge is 0.344 e. The van der Waals surface area contributed by atoms with Gasteiger partial charge in [-0.05, 0) is 36.1 Å². The zero-order valence-corrected chi connectivity index (χ0v) is 16.3. The molecule has 1 atom stereocenters. The van der Waals surface area contributed by atoms with Gasteiger partial charge in [0.2, 0.25) is 0 Å². The molecule has 1 heterocycles. The molecular formula is C22H24FN3O2. The second kappa shape index (κ2) is 8.33. The first kappa shape index (κ1) is 19.7. The summed E-state index contributed by atoms with van der Waals surface area (Å²) >= 11 is 0. The molecule has 28 heavy (non-hydrogen) atoms. The summed E-state index contributed by atoms with van der Waals surface area (Å²) in [4.78, 5) is 25.7. The minimum absolute atomic E-state index is 0.0854. The summed E-state index contributed by atoms with van der Waals surface area (Å²) in [6.45, 7) is 6.36. The van der Waals surface area contributed by atoms with Crippen LogP contribution in [0.4, 0.5) is 4.39 Å². The number of nitrogens with one attached hydrogen (secondary N) is 1. The number of amides is 1. The Balaban J connectivity index is 2.03. The summed E-state index contributed by atoms with van der Waals surface area (Å²) in [5.41, 5.74) is 0.834. The van der Waals surface area contributed by atoms with Crippen LogP contribution in [0.25, 0.3) is 10.8 Å². The number of carbonyl (C=O) groups is 1. The minimum Gasteiger partial charge on any atom is -0.344 e. The first-order valence-corrected chi connectivity index (χ1v) is 9.48. The fourth-order valence-electron chi connectivity index (χ4n) is 3.28. The van der Waals surface area contributed by atoms with Crippen LogP contribution in [0.5, 0.6) is 0 Å². The van der Waals surface area contributed by atoms with Crippen molar-refractivity contribution in [2.75, 3.05) is 0 Å². The molecule has 1 aromatic heterocycles. The van der Waals surface area contributed by atoms with Gasteiger partial charge in [-0.15, -0.1) is 0 Å². The Hall–Kier alpha value is -3.02. The molecule has 1 N–H and O–H groups in total. The minimum atomic E-state index is -0.357. The number of benzene rings is 2. The van der Waals surface area contributed by atoms with E-state index in [1.165, 1.54) is 16.8 Å². The van der Waals surface area contributed by atoms with Crippen LogP contribution in [0.15, 0.2) is 53.3 Å². The van der Waals surface area contributed by atoms with E-state index >= 15 is 0 Å². The van der Waals surface area contributed by atoms with Gasteiger partial charge in [0.15, 0.2) is 5.69 Å². The average molecular weight is 381 g/mol. The topological polar surface area (TPSA) is 64.0 Å². The molecule has 0 unspecified atom stereocenters. The Morgan fingerprint density at radius 2 is 1.75 bits per heavy atom. The molecular weight excluding hydrogens is 357 g/mol. The second-order valence-electron chi connectivity index (χ2n) is 7.17. The molecule has 3 aromatic rings. The predicted octanol–water partition coefficient (Wildman–Crippen LogP) is 4.07. The van der Waals surface area contributed by atoms with Crippen LogP contribution in [-0.2, 0) is 6.54 Å². The van der Waals surface area contributed by atoms with Gasteiger partial charge in [0.1, 0.15) is 5.82 Å². The normalized spacial score (nSPS) is 12.3. The fraction of sp³-hybridized carbons (Fsp3) is 0.318. The molecule has 6 heteroatoms. The standard InChI is InChI=1S/C22H24FN3O2/c1-4-13-26-22(28)18-8-6-5-7-17(18)20(25-26)21(27)24-19(14(2)3)15-9-11-16(23)12-10-15/h5-12,14,19H,4,13H2,1-3H3,(H,24,27)/t19-/m1/s1. The molecule has 0 radical (unpaired) electrons. The van der Waals surface area contributed by atoms with Crippen LogP contribution in [-0.4, -0.2) is 15.7 Å². The van der Waals surface area contributed by atoms with Gasteiger partial charge in [-0.3, -0.25) is 9.59 Å². The van der Waals surface area contributed by atoms with Crippen molar-refractivity contribution in [2.45, 2.75) is 39.8 Å². The summed E-state index contributed by atoms with van der Waals surface area (Å²) in [7, 11) is 0. The SMILES string of the molecule is CCCn1nc(C(=O)N[C@@H](c2ccc(F)cc2)C(C)C)c2ccccc2c1=O. The maximum Gasteiger partial charge on any atom is 0.274 e. The first-order chi connectivity index (χ1) is 13.4. The Kier molecular flexibility index (Phi) is 5.87. The highest BCUT2D eigenvalue weighted by atomic mass is 19.1. The van der Waals surface area contributed by atoms with Gasteiger partial charge < -0.3 is 5.32 Å². The highest BCUT2D eigenvalue weighted by molar-refractivity contribution is 6.04. The van der Waals surface area contributed by atoms with Crippen molar-refractivity contribution in [1.82, 2.24) is 15.1 Å². The molecule has 0 bridgehead atoms. The lowest BCUT2D eigenvalue weighted by molar-refractivity contribution is 0.0920. The molecule has 5 nitrogen and oxygen atoms in total. The van der Waals surface area contributed by atoms with Crippen molar-refractivity contribution in [3.8, 4) is 0 Å². The fourth-order valence-corrected chi connectivity index (χ4v) is 3.28. The van der Waals surface area contributed by atoms with Crippen LogP contribution < -0.4 is 10.9 Å². The number of aryl methyl sites for hydroxylation is 1. The van der Waals surface area contributed by atoms with Crippen molar-refractivity contribution in [2.24, 2.45) is 5.92 Å². The van der Waals surface area contributed by atoms with E-state index in [0.29, 0.717) is 17.3 Å². The molecule has 0 spiro atoms. The monoisotopic (exact) mass is 381 g/mol. The van der Waals surface area contributed by atoms with E-state index in [0.717, 1.165) is 12.0 Å². The molecule has 0 aliphatic carbocycles. The molecule has 1 amide bonds. The van der Waals surface area contributed by atoms with E-state index in [9.17, 15) is 14.0 Å². The Labute approximate surface area is 163 Å². The van der Waals surface area contributed by atoms with E-state index in [-0.39, 0.29) is 34.9 Å². The lowest BCUT2D eigenvalue weighted by atomic mass is 9.95. The summed E-state index contributed by atoms with van der Waals surface area (Å²) in [6, 6.07) is 12.8. The van der Waals surface area contributed by atoms with E-state index in [2.05, 4.69) is 10.4 Å². The molecule has 0 saturated carbocycles. The van der Waals surface area contributed by atoms with Crippen LogP contribution >= 0.6 is 0 Å². The molecule has 0 aliphatic heterocycles. The number of fused-ring (bicyclic) bond motifs is 1. The lowest BCUT2D eigenvalue weighted by Crippen LogP contribution is -2.35. The number of nitrogens with zero attached hydrogens (tertiary/aromatic N) is 2. The highest BCUT2D eigenvalue weighted by Gasteiger charge is 2.22. The maximum atomic E-state index is 13.3. The second-order valence-corrected chi connectivity index (χ2v) is 7.17. The number of rotatable bonds is 6. The van der Waals surface area contributed by atoms with Crippen LogP contribution in [0, 0.1) is 11.7 Å². The van der Waals surface area contributed by atoms with E-state index in [1.807, 2.05) is 20.8 Å². The summed E-state index contributed by atoms with van der Waals surface area (Å²) < 4.78 is 14.6. The molecule has 0 aliphatic rings. The quantitative estimate of drug-likeness (QED) is 0.700. The van der Waals surface area contributed by atoms with Gasteiger partial charge in [-0.2, -0.15) is 5.10 Å². The van der Waals surface area contributed by atoms with Gasteiger partial charge in [0.25, 0.3) is 11.5 Å². The van der Waals surface area contributed by atoms with Crippen molar-refractivity contribution >= 4 is 16.7 Å². The Morgan fingerprint density at radius 3 is 2.36 bits per heavy atom. The van der Waals surface area contributed by atoms with Crippen molar-refractivity contribution in [3.05, 3.63) is 76.0 Å². The third-order valence-electron chi connectivity index (χ3n) is 4.70. The van der Waals surface area contributed by atoms with Crippen LogP contribution in [0.1, 0.15) is 49.3 Å². The maximum absolute atomic E-state index is 13.3. The summed E-state index contributed by atoms with van der Waals surface area (Å²) in [6.07, 6.45) is 0.733. The molecule has 0 fully saturated rings. The highest BCUT2D eigenvalue weighted by Crippen LogP contribution is 2.23. The summed E-state index contributed by atoms with van der Waals surface area (Å²) in [5, 5.41) is 8.35. The van der Waals surface area contributed by atoms with Crippen LogP contribution in [0.3, 0.4) is 0 Å². The zero-order valence-electron chi connectivity index (χ0n) is 16.3. The third kappa shape index (κ3) is 3.96.